The number of nitrogens with zero attached hydrogens (tertiary/aromatic N) is 3. The number of rotatable bonds is 5. The fourth-order valence-electron chi connectivity index (χ4n) is 2.01. The standard InChI is InChI=1S/C14H13N3O4S/c1-20-11-7-5-8-12(21-2)14(11)22(18,19)13-9-4-3-6-10(13)16-17-15/h3-9H,1-2H3. The Bertz CT molecular complexity index is 821. The Labute approximate surface area is 127 Å². The number of azide groups is 1. The predicted octanol–water partition coefficient (Wildman–Crippen LogP) is 3.48. The van der Waals surface area contributed by atoms with Crippen LogP contribution >= 0.6 is 0 Å². The van der Waals surface area contributed by atoms with E-state index in [1.165, 1.54) is 38.5 Å². The topological polar surface area (TPSA) is 101 Å². The molecule has 0 radical (unpaired) electrons. The minimum atomic E-state index is -3.99. The van der Waals surface area contributed by atoms with Crippen molar-refractivity contribution in [3.8, 4) is 11.5 Å². The lowest BCUT2D eigenvalue weighted by molar-refractivity contribution is 0.373. The summed E-state index contributed by atoms with van der Waals surface area (Å²) in [6, 6.07) is 10.6. The van der Waals surface area contributed by atoms with Gasteiger partial charge in [0.2, 0.25) is 9.84 Å². The fourth-order valence-corrected chi connectivity index (χ4v) is 3.70. The minimum absolute atomic E-state index is 0.0120. The van der Waals surface area contributed by atoms with Crippen LogP contribution in [0.4, 0.5) is 5.69 Å². The molecule has 7 nitrogen and oxygen atoms in total. The molecule has 114 valence electrons. The molecule has 0 heterocycles. The monoisotopic (exact) mass is 319 g/mol. The maximum atomic E-state index is 12.9. The normalized spacial score (nSPS) is 10.6. The van der Waals surface area contributed by atoms with Gasteiger partial charge in [0.05, 0.1) is 24.8 Å². The first-order valence-electron chi connectivity index (χ1n) is 6.16. The Morgan fingerprint density at radius 2 is 1.59 bits per heavy atom. The summed E-state index contributed by atoms with van der Waals surface area (Å²) in [5.41, 5.74) is 8.61. The Morgan fingerprint density at radius 1 is 1.00 bits per heavy atom. The van der Waals surface area contributed by atoms with Crippen molar-refractivity contribution < 1.29 is 17.9 Å². The van der Waals surface area contributed by atoms with Crippen molar-refractivity contribution in [2.45, 2.75) is 9.79 Å². The summed E-state index contributed by atoms with van der Waals surface area (Å²) in [4.78, 5) is 2.43. The van der Waals surface area contributed by atoms with E-state index in [4.69, 9.17) is 15.0 Å². The molecule has 2 aromatic carbocycles. The van der Waals surface area contributed by atoms with E-state index in [0.717, 1.165) is 0 Å². The second kappa shape index (κ2) is 6.38. The summed E-state index contributed by atoms with van der Waals surface area (Å²) >= 11 is 0. The predicted molar refractivity (Wildman–Crippen MR) is 80.2 cm³/mol. The van der Waals surface area contributed by atoms with Crippen LogP contribution in [0.3, 0.4) is 0 Å². The molecule has 22 heavy (non-hydrogen) atoms. The van der Waals surface area contributed by atoms with Gasteiger partial charge in [-0.1, -0.05) is 29.4 Å². The first-order chi connectivity index (χ1) is 10.6. The van der Waals surface area contributed by atoms with Crippen molar-refractivity contribution in [2.24, 2.45) is 5.11 Å². The molecule has 0 bridgehead atoms. The Kier molecular flexibility index (Phi) is 4.55. The van der Waals surface area contributed by atoms with Crippen molar-refractivity contribution in [3.05, 3.63) is 52.9 Å². The highest BCUT2D eigenvalue weighted by molar-refractivity contribution is 7.91. The smallest absolute Gasteiger partial charge is 0.214 e. The zero-order chi connectivity index (χ0) is 16.2. The molecule has 0 atom stereocenters. The molecule has 0 aliphatic rings. The molecule has 0 fully saturated rings. The molecular formula is C14H13N3O4S. The number of hydrogen-bond donors (Lipinski definition) is 0. The lowest BCUT2D eigenvalue weighted by atomic mass is 10.3. The van der Waals surface area contributed by atoms with E-state index >= 15 is 0 Å². The summed E-state index contributed by atoms with van der Waals surface area (Å²) in [7, 11) is -1.26. The fraction of sp³-hybridized carbons (Fsp3) is 0.143. The van der Waals surface area contributed by atoms with E-state index in [1.54, 1.807) is 18.2 Å². The van der Waals surface area contributed by atoms with Crippen LogP contribution < -0.4 is 9.47 Å². The molecule has 0 aromatic heterocycles. The molecule has 0 N–H and O–H groups in total. The van der Waals surface area contributed by atoms with E-state index in [0.29, 0.717) is 0 Å². The quantitative estimate of drug-likeness (QED) is 0.478. The van der Waals surface area contributed by atoms with Gasteiger partial charge in [0.1, 0.15) is 11.5 Å². The maximum absolute atomic E-state index is 12.9. The summed E-state index contributed by atoms with van der Waals surface area (Å²) in [6.07, 6.45) is 0. The Morgan fingerprint density at radius 3 is 2.14 bits per heavy atom. The SMILES string of the molecule is COc1cccc(OC)c1S(=O)(=O)c1ccccc1N=[N+]=[N-]. The minimum Gasteiger partial charge on any atom is -0.495 e. The molecule has 0 aliphatic heterocycles. The summed E-state index contributed by atoms with van der Waals surface area (Å²) < 4.78 is 36.2. The van der Waals surface area contributed by atoms with Crippen LogP contribution in [0.5, 0.6) is 11.5 Å². The van der Waals surface area contributed by atoms with Gasteiger partial charge in [-0.2, -0.15) is 0 Å². The van der Waals surface area contributed by atoms with Crippen molar-refractivity contribution in [3.63, 3.8) is 0 Å². The molecule has 0 amide bonds. The molecule has 8 heteroatoms. The maximum Gasteiger partial charge on any atom is 0.214 e. The molecule has 0 aliphatic carbocycles. The average Bonchev–Trinajstić information content (AvgIpc) is 2.54. The molecule has 0 spiro atoms. The first-order valence-corrected chi connectivity index (χ1v) is 7.64. The largest absolute Gasteiger partial charge is 0.495 e. The number of ether oxygens (including phenoxy) is 2. The van der Waals surface area contributed by atoms with Gasteiger partial charge < -0.3 is 9.47 Å². The van der Waals surface area contributed by atoms with Gasteiger partial charge in [-0.15, -0.1) is 0 Å². The van der Waals surface area contributed by atoms with Gasteiger partial charge in [-0.25, -0.2) is 8.42 Å². The number of sulfone groups is 1. The highest BCUT2D eigenvalue weighted by Gasteiger charge is 2.28. The van der Waals surface area contributed by atoms with Crippen molar-refractivity contribution in [1.82, 2.24) is 0 Å². The van der Waals surface area contributed by atoms with Gasteiger partial charge in [0, 0.05) is 4.91 Å². The molecule has 0 unspecified atom stereocenters. The van der Waals surface area contributed by atoms with Crippen molar-refractivity contribution >= 4 is 15.5 Å². The van der Waals surface area contributed by atoms with Gasteiger partial charge in [0.15, 0.2) is 4.90 Å². The van der Waals surface area contributed by atoms with E-state index in [1.807, 2.05) is 0 Å². The van der Waals surface area contributed by atoms with Gasteiger partial charge in [-0.3, -0.25) is 0 Å². The van der Waals surface area contributed by atoms with E-state index in [9.17, 15) is 8.42 Å². The zero-order valence-electron chi connectivity index (χ0n) is 11.9. The molecule has 0 saturated heterocycles. The van der Waals surface area contributed by atoms with Crippen LogP contribution in [0.2, 0.25) is 0 Å². The molecule has 2 rings (SSSR count). The Hall–Kier alpha value is -2.70. The zero-order valence-corrected chi connectivity index (χ0v) is 12.7. The van der Waals surface area contributed by atoms with Crippen LogP contribution in [-0.2, 0) is 9.84 Å². The van der Waals surface area contributed by atoms with Crippen LogP contribution in [0.1, 0.15) is 0 Å². The first kappa shape index (κ1) is 15.7. The van der Waals surface area contributed by atoms with Gasteiger partial charge >= 0.3 is 0 Å². The van der Waals surface area contributed by atoms with Crippen LogP contribution in [0.15, 0.2) is 57.4 Å². The van der Waals surface area contributed by atoms with E-state index in [2.05, 4.69) is 10.0 Å². The molecule has 0 saturated carbocycles. The highest BCUT2D eigenvalue weighted by atomic mass is 32.2. The summed E-state index contributed by atoms with van der Waals surface area (Å²) in [5.74, 6) is 0.296. The molecule has 2 aromatic rings. The van der Waals surface area contributed by atoms with Gasteiger partial charge in [-0.05, 0) is 23.7 Å². The Balaban J connectivity index is 2.80. The lowest BCUT2D eigenvalue weighted by Gasteiger charge is -2.14. The number of benzene rings is 2. The van der Waals surface area contributed by atoms with E-state index < -0.39 is 9.84 Å². The third-order valence-electron chi connectivity index (χ3n) is 2.96. The van der Waals surface area contributed by atoms with Gasteiger partial charge in [0.25, 0.3) is 0 Å². The third kappa shape index (κ3) is 2.69. The second-order valence-electron chi connectivity index (χ2n) is 4.15. The van der Waals surface area contributed by atoms with E-state index in [-0.39, 0.29) is 27.0 Å². The molecular weight excluding hydrogens is 306 g/mol. The second-order valence-corrected chi connectivity index (χ2v) is 6.01. The summed E-state index contributed by atoms with van der Waals surface area (Å²) in [6.45, 7) is 0. The highest BCUT2D eigenvalue weighted by Crippen LogP contribution is 2.39. The van der Waals surface area contributed by atoms with Crippen molar-refractivity contribution in [1.29, 1.82) is 0 Å². The number of hydrogen-bond acceptors (Lipinski definition) is 5. The lowest BCUT2D eigenvalue weighted by Crippen LogP contribution is -2.07. The average molecular weight is 319 g/mol. The summed E-state index contributed by atoms with van der Waals surface area (Å²) in [5, 5.41) is 3.43. The number of methoxy groups -OCH3 is 2. The third-order valence-corrected chi connectivity index (χ3v) is 4.82. The van der Waals surface area contributed by atoms with Crippen molar-refractivity contribution in [2.75, 3.05) is 14.2 Å². The van der Waals surface area contributed by atoms with Crippen LogP contribution in [-0.4, -0.2) is 22.6 Å². The van der Waals surface area contributed by atoms with Crippen LogP contribution in [0.25, 0.3) is 10.4 Å². The van der Waals surface area contributed by atoms with Crippen LogP contribution in [0, 0.1) is 0 Å².